The van der Waals surface area contributed by atoms with Gasteiger partial charge in [0.15, 0.2) is 11.9 Å². The van der Waals surface area contributed by atoms with E-state index in [1.54, 1.807) is 26.0 Å². The lowest BCUT2D eigenvalue weighted by Gasteiger charge is -2.17. The van der Waals surface area contributed by atoms with E-state index in [0.29, 0.717) is 28.7 Å². The number of benzene rings is 2. The van der Waals surface area contributed by atoms with Gasteiger partial charge in [-0.05, 0) is 51.5 Å². The number of carbonyl (C=O) groups is 1. The number of nitro benzene ring substituents is 1. The number of nitro groups is 1. The summed E-state index contributed by atoms with van der Waals surface area (Å²) in [5, 5.41) is 16.7. The minimum Gasteiger partial charge on any atom is -0.490 e. The Morgan fingerprint density at radius 3 is 2.66 bits per heavy atom. The van der Waals surface area contributed by atoms with Crippen molar-refractivity contribution in [1.82, 2.24) is 9.66 Å². The van der Waals surface area contributed by atoms with E-state index < -0.39 is 22.7 Å². The van der Waals surface area contributed by atoms with Gasteiger partial charge in [-0.15, -0.1) is 0 Å². The van der Waals surface area contributed by atoms with Gasteiger partial charge in [0.1, 0.15) is 5.82 Å². The molecule has 11 nitrogen and oxygen atoms in total. The molecule has 1 atom stereocenters. The highest BCUT2D eigenvalue weighted by Crippen LogP contribution is 2.39. The van der Waals surface area contributed by atoms with Crippen molar-refractivity contribution in [2.24, 2.45) is 5.10 Å². The number of aromatic nitrogens is 2. The van der Waals surface area contributed by atoms with Crippen molar-refractivity contribution in [2.45, 2.75) is 53.1 Å². The first kappa shape index (κ1) is 28.8. The first-order valence-corrected chi connectivity index (χ1v) is 13.0. The van der Waals surface area contributed by atoms with Gasteiger partial charge >= 0.3 is 11.7 Å². The smallest absolute Gasteiger partial charge is 0.347 e. The van der Waals surface area contributed by atoms with E-state index in [0.717, 1.165) is 17.3 Å². The number of halogens is 1. The second kappa shape index (κ2) is 13.1. The molecule has 1 heterocycles. The van der Waals surface area contributed by atoms with Gasteiger partial charge in [0.25, 0.3) is 5.56 Å². The molecule has 3 aromatic rings. The molecule has 3 rings (SSSR count). The Kier molecular flexibility index (Phi) is 9.94. The summed E-state index contributed by atoms with van der Waals surface area (Å²) in [4.78, 5) is 41.3. The van der Waals surface area contributed by atoms with E-state index in [4.69, 9.17) is 14.2 Å². The minimum atomic E-state index is -1.10. The molecule has 0 aliphatic heterocycles. The standard InChI is InChI=1S/C26H29BrN4O7/c1-5-8-9-23-29-20-11-10-18(27)14-19(20)25(32)30(23)28-15-17-12-21(31(34)35)24(22(13-17)36-6-2)38-16(4)26(33)37-7-3/h10-16H,5-9H2,1-4H3/t16-/m1/s1. The van der Waals surface area contributed by atoms with Crippen molar-refractivity contribution in [3.63, 3.8) is 0 Å². The molecule has 0 amide bonds. The van der Waals surface area contributed by atoms with Crippen molar-refractivity contribution in [1.29, 1.82) is 0 Å². The van der Waals surface area contributed by atoms with Crippen LogP contribution in [-0.4, -0.2) is 46.1 Å². The third-order valence-electron chi connectivity index (χ3n) is 5.42. The number of rotatable bonds is 12. The lowest BCUT2D eigenvalue weighted by Crippen LogP contribution is -2.26. The SMILES string of the molecule is CCCCc1nc2ccc(Br)cc2c(=O)n1N=Cc1cc(OCC)c(O[C@H](C)C(=O)OCC)c([N+](=O)[O-])c1. The molecule has 0 bridgehead atoms. The van der Waals surface area contributed by atoms with Crippen LogP contribution in [0, 0.1) is 10.1 Å². The predicted octanol–water partition coefficient (Wildman–Crippen LogP) is 5.02. The topological polar surface area (TPSA) is 135 Å². The molecule has 1 aromatic heterocycles. The van der Waals surface area contributed by atoms with Gasteiger partial charge in [0.05, 0.1) is 35.3 Å². The monoisotopic (exact) mass is 588 g/mol. The molecular weight excluding hydrogens is 560 g/mol. The number of nitrogens with zero attached hydrogens (tertiary/aromatic N) is 4. The zero-order chi connectivity index (χ0) is 27.8. The number of aryl methyl sites for hydroxylation is 1. The quantitative estimate of drug-likeness (QED) is 0.124. The normalized spacial score (nSPS) is 12.0. The Bertz CT molecular complexity index is 1420. The largest absolute Gasteiger partial charge is 0.490 e. The zero-order valence-electron chi connectivity index (χ0n) is 21.6. The van der Waals surface area contributed by atoms with Crippen molar-refractivity contribution < 1.29 is 23.9 Å². The summed E-state index contributed by atoms with van der Waals surface area (Å²) in [6.45, 7) is 7.15. The van der Waals surface area contributed by atoms with Crippen molar-refractivity contribution >= 4 is 44.7 Å². The van der Waals surface area contributed by atoms with Crippen molar-refractivity contribution in [3.8, 4) is 11.5 Å². The van der Waals surface area contributed by atoms with Crippen molar-refractivity contribution in [2.75, 3.05) is 13.2 Å². The Morgan fingerprint density at radius 1 is 1.24 bits per heavy atom. The summed E-state index contributed by atoms with van der Waals surface area (Å²) in [5.74, 6) is -0.332. The minimum absolute atomic E-state index is 0.0541. The number of esters is 1. The first-order chi connectivity index (χ1) is 18.2. The second-order valence-electron chi connectivity index (χ2n) is 8.22. The molecule has 0 unspecified atom stereocenters. The number of fused-ring (bicyclic) bond motifs is 1. The van der Waals surface area contributed by atoms with Crippen LogP contribution in [0.3, 0.4) is 0 Å². The molecule has 0 aliphatic rings. The number of hydrogen-bond acceptors (Lipinski definition) is 9. The molecular formula is C26H29BrN4O7. The molecule has 0 N–H and O–H groups in total. The average Bonchev–Trinajstić information content (AvgIpc) is 2.88. The van der Waals surface area contributed by atoms with Crippen LogP contribution < -0.4 is 15.0 Å². The molecule has 0 fully saturated rings. The lowest BCUT2D eigenvalue weighted by atomic mass is 10.1. The molecule has 0 saturated heterocycles. The molecule has 2 aromatic carbocycles. The summed E-state index contributed by atoms with van der Waals surface area (Å²) in [6.07, 6.45) is 2.45. The number of hydrogen-bond donors (Lipinski definition) is 0. The van der Waals surface area contributed by atoms with E-state index in [9.17, 15) is 19.7 Å². The first-order valence-electron chi connectivity index (χ1n) is 12.2. The predicted molar refractivity (Wildman–Crippen MR) is 146 cm³/mol. The maximum Gasteiger partial charge on any atom is 0.347 e. The van der Waals surface area contributed by atoms with E-state index in [1.165, 1.54) is 29.9 Å². The second-order valence-corrected chi connectivity index (χ2v) is 9.14. The summed E-state index contributed by atoms with van der Waals surface area (Å²) >= 11 is 3.38. The van der Waals surface area contributed by atoms with Crippen LogP contribution in [0.1, 0.15) is 51.9 Å². The maximum atomic E-state index is 13.3. The van der Waals surface area contributed by atoms with Crippen LogP contribution in [0.25, 0.3) is 10.9 Å². The van der Waals surface area contributed by atoms with Crippen LogP contribution in [0.15, 0.2) is 44.7 Å². The third kappa shape index (κ3) is 6.74. The van der Waals surface area contributed by atoms with Crippen LogP contribution in [0.2, 0.25) is 0 Å². The fourth-order valence-corrected chi connectivity index (χ4v) is 3.98. The van der Waals surface area contributed by atoms with Crippen molar-refractivity contribution in [3.05, 3.63) is 66.7 Å². The van der Waals surface area contributed by atoms with Gasteiger partial charge in [0.2, 0.25) is 5.75 Å². The average molecular weight is 589 g/mol. The summed E-state index contributed by atoms with van der Waals surface area (Å²) in [5.41, 5.74) is 0.0651. The van der Waals surface area contributed by atoms with Gasteiger partial charge in [0, 0.05) is 22.5 Å². The van der Waals surface area contributed by atoms with Gasteiger partial charge in [-0.3, -0.25) is 14.9 Å². The zero-order valence-corrected chi connectivity index (χ0v) is 23.2. The molecule has 0 aliphatic carbocycles. The molecule has 12 heteroatoms. The van der Waals surface area contributed by atoms with E-state index in [-0.39, 0.29) is 30.3 Å². The lowest BCUT2D eigenvalue weighted by molar-refractivity contribution is -0.386. The van der Waals surface area contributed by atoms with E-state index >= 15 is 0 Å². The molecule has 38 heavy (non-hydrogen) atoms. The highest BCUT2D eigenvalue weighted by atomic mass is 79.9. The summed E-state index contributed by atoms with van der Waals surface area (Å²) < 4.78 is 18.1. The Morgan fingerprint density at radius 2 is 2.00 bits per heavy atom. The highest BCUT2D eigenvalue weighted by molar-refractivity contribution is 9.10. The fourth-order valence-electron chi connectivity index (χ4n) is 3.62. The van der Waals surface area contributed by atoms with Gasteiger partial charge in [-0.1, -0.05) is 29.3 Å². The molecule has 202 valence electrons. The maximum absolute atomic E-state index is 13.3. The van der Waals surface area contributed by atoms with Gasteiger partial charge in [-0.2, -0.15) is 9.78 Å². The number of carbonyl (C=O) groups excluding carboxylic acids is 1. The molecule has 0 spiro atoms. The van der Waals surface area contributed by atoms with Crippen LogP contribution in [0.5, 0.6) is 11.5 Å². The Hall–Kier alpha value is -3.80. The number of unbranched alkanes of at least 4 members (excludes halogenated alkanes) is 1. The van der Waals surface area contributed by atoms with Crippen LogP contribution >= 0.6 is 15.9 Å². The van der Waals surface area contributed by atoms with Crippen LogP contribution in [-0.2, 0) is 16.0 Å². The fraction of sp³-hybridized carbons (Fsp3) is 0.385. The Balaban J connectivity index is 2.11. The molecule has 0 radical (unpaired) electrons. The van der Waals surface area contributed by atoms with Gasteiger partial charge in [-0.25, -0.2) is 9.78 Å². The van der Waals surface area contributed by atoms with Gasteiger partial charge < -0.3 is 14.2 Å². The van der Waals surface area contributed by atoms with Crippen LogP contribution in [0.4, 0.5) is 5.69 Å². The Labute approximate surface area is 227 Å². The van der Waals surface area contributed by atoms with E-state index in [1.807, 2.05) is 13.0 Å². The highest BCUT2D eigenvalue weighted by Gasteiger charge is 2.27. The number of ether oxygens (including phenoxy) is 3. The third-order valence-corrected chi connectivity index (χ3v) is 5.91. The molecule has 0 saturated carbocycles. The van der Waals surface area contributed by atoms with E-state index in [2.05, 4.69) is 26.0 Å². The summed E-state index contributed by atoms with van der Waals surface area (Å²) in [6, 6.07) is 7.98. The summed E-state index contributed by atoms with van der Waals surface area (Å²) in [7, 11) is 0.